The number of hydrogen-bond donors (Lipinski definition) is 0. The minimum absolute atomic E-state index is 0.118. The molecule has 0 saturated heterocycles. The van der Waals surface area contributed by atoms with Gasteiger partial charge in [0.1, 0.15) is 0 Å². The predicted octanol–water partition coefficient (Wildman–Crippen LogP) is 1.89. The smallest absolute Gasteiger partial charge is 0.274 e. The van der Waals surface area contributed by atoms with E-state index in [1.54, 1.807) is 7.05 Å². The van der Waals surface area contributed by atoms with Gasteiger partial charge < -0.3 is 0 Å². The number of carbonyl (C=O) groups is 1. The first-order valence-corrected chi connectivity index (χ1v) is 4.84. The summed E-state index contributed by atoms with van der Waals surface area (Å²) in [6.45, 7) is 0. The van der Waals surface area contributed by atoms with Crippen LogP contribution >= 0.6 is 0 Å². The molecule has 1 amide bonds. The van der Waals surface area contributed by atoms with Crippen LogP contribution < -0.4 is 0 Å². The van der Waals surface area contributed by atoms with Gasteiger partial charge in [0.05, 0.1) is 7.11 Å². The number of nitrogens with zero attached hydrogens (tertiary/aromatic N) is 1. The van der Waals surface area contributed by atoms with Crippen molar-refractivity contribution in [2.24, 2.45) is 0 Å². The van der Waals surface area contributed by atoms with Gasteiger partial charge in [-0.2, -0.15) is 0 Å². The molecule has 1 aromatic carbocycles. The van der Waals surface area contributed by atoms with Crippen molar-refractivity contribution in [1.82, 2.24) is 5.06 Å². The summed E-state index contributed by atoms with van der Waals surface area (Å²) in [5.41, 5.74) is 3.07. The quantitative estimate of drug-likeness (QED) is 0.687. The maximum atomic E-state index is 11.8. The Balaban J connectivity index is 2.28. The fourth-order valence-corrected chi connectivity index (χ4v) is 1.66. The van der Waals surface area contributed by atoms with Crippen molar-refractivity contribution in [1.29, 1.82) is 0 Å². The monoisotopic (exact) mass is 203 g/mol. The summed E-state index contributed by atoms with van der Waals surface area (Å²) in [6.07, 6.45) is 5.08. The van der Waals surface area contributed by atoms with Gasteiger partial charge in [-0.05, 0) is 29.7 Å². The summed E-state index contributed by atoms with van der Waals surface area (Å²) >= 11 is 0. The van der Waals surface area contributed by atoms with Gasteiger partial charge in [-0.25, -0.2) is 5.06 Å². The highest BCUT2D eigenvalue weighted by Gasteiger charge is 2.13. The number of hydroxylamine groups is 2. The van der Waals surface area contributed by atoms with Crippen LogP contribution in [-0.4, -0.2) is 25.1 Å². The Morgan fingerprint density at radius 1 is 1.47 bits per heavy atom. The van der Waals surface area contributed by atoms with Crippen LogP contribution in [0.2, 0.25) is 0 Å². The minimum Gasteiger partial charge on any atom is -0.274 e. The van der Waals surface area contributed by atoms with Gasteiger partial charge in [0.15, 0.2) is 0 Å². The molecule has 3 nitrogen and oxygen atoms in total. The molecular weight excluding hydrogens is 190 g/mol. The maximum Gasteiger partial charge on any atom is 0.277 e. The summed E-state index contributed by atoms with van der Waals surface area (Å²) in [5, 5.41) is 1.23. The Morgan fingerprint density at radius 2 is 2.27 bits per heavy atom. The number of amides is 1. The highest BCUT2D eigenvalue weighted by atomic mass is 16.7. The number of rotatable bonds is 2. The van der Waals surface area contributed by atoms with Crippen LogP contribution in [-0.2, 0) is 11.3 Å². The molecule has 0 unspecified atom stereocenters. The van der Waals surface area contributed by atoms with E-state index in [0.717, 1.165) is 6.42 Å². The van der Waals surface area contributed by atoms with Crippen molar-refractivity contribution in [3.63, 3.8) is 0 Å². The zero-order chi connectivity index (χ0) is 10.8. The average Bonchev–Trinajstić information content (AvgIpc) is 2.73. The molecule has 0 saturated carbocycles. The Morgan fingerprint density at radius 3 is 3.00 bits per heavy atom. The van der Waals surface area contributed by atoms with Crippen LogP contribution in [0.3, 0.4) is 0 Å². The average molecular weight is 203 g/mol. The zero-order valence-electron chi connectivity index (χ0n) is 8.86. The van der Waals surface area contributed by atoms with Gasteiger partial charge in [0.25, 0.3) is 5.91 Å². The fourth-order valence-electron chi connectivity index (χ4n) is 1.66. The molecule has 0 aromatic heterocycles. The number of hydrogen-bond acceptors (Lipinski definition) is 2. The van der Waals surface area contributed by atoms with E-state index >= 15 is 0 Å². The van der Waals surface area contributed by atoms with E-state index in [2.05, 4.69) is 12.2 Å². The van der Waals surface area contributed by atoms with Crippen LogP contribution in [0.5, 0.6) is 0 Å². The van der Waals surface area contributed by atoms with Gasteiger partial charge in [0, 0.05) is 12.6 Å². The molecule has 0 spiro atoms. The van der Waals surface area contributed by atoms with Crippen molar-refractivity contribution in [2.75, 3.05) is 14.2 Å². The number of carbonyl (C=O) groups excluding carboxylic acids is 1. The maximum absolute atomic E-state index is 11.8. The molecular formula is C12H13NO2. The first-order valence-electron chi connectivity index (χ1n) is 4.84. The largest absolute Gasteiger partial charge is 0.277 e. The van der Waals surface area contributed by atoms with Crippen molar-refractivity contribution in [3.8, 4) is 0 Å². The van der Waals surface area contributed by atoms with Crippen LogP contribution in [0, 0.1) is 0 Å². The summed E-state index contributed by atoms with van der Waals surface area (Å²) in [7, 11) is 3.08. The van der Waals surface area contributed by atoms with Gasteiger partial charge in [0.2, 0.25) is 0 Å². The van der Waals surface area contributed by atoms with E-state index in [0.29, 0.717) is 5.56 Å². The molecule has 3 heteroatoms. The molecule has 15 heavy (non-hydrogen) atoms. The minimum atomic E-state index is -0.118. The molecule has 1 aliphatic carbocycles. The highest BCUT2D eigenvalue weighted by Crippen LogP contribution is 2.21. The third-order valence-corrected chi connectivity index (χ3v) is 2.58. The van der Waals surface area contributed by atoms with Crippen molar-refractivity contribution < 1.29 is 9.63 Å². The summed E-state index contributed by atoms with van der Waals surface area (Å²) in [6, 6.07) is 5.72. The molecule has 0 bridgehead atoms. The lowest BCUT2D eigenvalue weighted by atomic mass is 10.1. The summed E-state index contributed by atoms with van der Waals surface area (Å²) in [4.78, 5) is 16.6. The molecule has 0 aliphatic heterocycles. The van der Waals surface area contributed by atoms with Crippen LogP contribution in [0.1, 0.15) is 21.5 Å². The first-order chi connectivity index (χ1) is 7.22. The second kappa shape index (κ2) is 3.87. The second-order valence-corrected chi connectivity index (χ2v) is 3.51. The fraction of sp³-hybridized carbons (Fsp3) is 0.250. The molecule has 0 N–H and O–H groups in total. The Labute approximate surface area is 88.9 Å². The molecule has 0 heterocycles. The van der Waals surface area contributed by atoms with Crippen LogP contribution in [0.15, 0.2) is 24.3 Å². The first kappa shape index (κ1) is 9.93. The van der Waals surface area contributed by atoms with Crippen LogP contribution in [0.25, 0.3) is 6.08 Å². The third-order valence-electron chi connectivity index (χ3n) is 2.58. The van der Waals surface area contributed by atoms with Crippen molar-refractivity contribution >= 4 is 12.0 Å². The normalized spacial score (nSPS) is 12.7. The Hall–Kier alpha value is -1.61. The standard InChI is InChI=1S/C12H13NO2/c1-13(15-2)12(14)11-7-6-9-4-3-5-10(9)8-11/h3-4,6-8H,5H2,1-2H3. The molecule has 0 radical (unpaired) electrons. The second-order valence-electron chi connectivity index (χ2n) is 3.51. The zero-order valence-corrected chi connectivity index (χ0v) is 8.86. The highest BCUT2D eigenvalue weighted by molar-refractivity contribution is 5.94. The van der Waals surface area contributed by atoms with E-state index < -0.39 is 0 Å². The summed E-state index contributed by atoms with van der Waals surface area (Å²) in [5.74, 6) is -0.118. The van der Waals surface area contributed by atoms with Crippen LogP contribution in [0.4, 0.5) is 0 Å². The Bertz CT molecular complexity index is 424. The predicted molar refractivity (Wildman–Crippen MR) is 58.3 cm³/mol. The van der Waals surface area contributed by atoms with Gasteiger partial charge in [-0.3, -0.25) is 9.63 Å². The number of allylic oxidation sites excluding steroid dienone is 1. The third kappa shape index (κ3) is 1.78. The van der Waals surface area contributed by atoms with E-state index in [1.807, 2.05) is 18.2 Å². The topological polar surface area (TPSA) is 29.5 Å². The number of benzene rings is 1. The van der Waals surface area contributed by atoms with E-state index in [1.165, 1.54) is 23.3 Å². The van der Waals surface area contributed by atoms with E-state index in [-0.39, 0.29) is 5.91 Å². The molecule has 0 atom stereocenters. The van der Waals surface area contributed by atoms with Crippen molar-refractivity contribution in [3.05, 3.63) is 41.0 Å². The molecule has 78 valence electrons. The van der Waals surface area contributed by atoms with Crippen molar-refractivity contribution in [2.45, 2.75) is 6.42 Å². The van der Waals surface area contributed by atoms with Gasteiger partial charge in [-0.15, -0.1) is 0 Å². The lowest BCUT2D eigenvalue weighted by Gasteiger charge is -2.14. The molecule has 1 aromatic rings. The molecule has 1 aliphatic rings. The van der Waals surface area contributed by atoms with E-state index in [9.17, 15) is 4.79 Å². The molecule has 2 rings (SSSR count). The lowest BCUT2D eigenvalue weighted by molar-refractivity contribution is -0.0757. The lowest BCUT2D eigenvalue weighted by Crippen LogP contribution is -2.25. The SMILES string of the molecule is CON(C)C(=O)c1ccc2c(c1)CC=C2. The van der Waals surface area contributed by atoms with E-state index in [4.69, 9.17) is 4.84 Å². The van der Waals surface area contributed by atoms with Gasteiger partial charge in [-0.1, -0.05) is 18.2 Å². The van der Waals surface area contributed by atoms with Gasteiger partial charge >= 0.3 is 0 Å². The Kier molecular flexibility index (Phi) is 2.56. The summed E-state index contributed by atoms with van der Waals surface area (Å²) < 4.78 is 0. The molecule has 0 fully saturated rings. The number of fused-ring (bicyclic) bond motifs is 1.